The fourth-order valence-electron chi connectivity index (χ4n) is 2.50. The maximum Gasteiger partial charge on any atom is 0.0615 e. The Hall–Kier alpha value is -0.240. The van der Waals surface area contributed by atoms with Crippen LogP contribution in [-0.2, 0) is 11.2 Å². The summed E-state index contributed by atoms with van der Waals surface area (Å²) in [6.45, 7) is 3.02. The van der Waals surface area contributed by atoms with Gasteiger partial charge in [0.25, 0.3) is 0 Å². The Morgan fingerprint density at radius 2 is 2.06 bits per heavy atom. The van der Waals surface area contributed by atoms with Crippen molar-refractivity contribution in [2.45, 2.75) is 37.7 Å². The number of benzene rings is 1. The molecule has 1 aromatic rings. The molecule has 0 N–H and O–H groups in total. The summed E-state index contributed by atoms with van der Waals surface area (Å²) in [4.78, 5) is 0. The third kappa shape index (κ3) is 3.37. The highest BCUT2D eigenvalue weighted by Crippen LogP contribution is 2.31. The second-order valence-electron chi connectivity index (χ2n) is 4.62. The van der Waals surface area contributed by atoms with Crippen LogP contribution >= 0.6 is 23.2 Å². The molecule has 17 heavy (non-hydrogen) atoms. The molecule has 1 aliphatic rings. The van der Waals surface area contributed by atoms with Crippen molar-refractivity contribution in [1.82, 2.24) is 0 Å². The lowest BCUT2D eigenvalue weighted by Gasteiger charge is -2.22. The lowest BCUT2D eigenvalue weighted by Crippen LogP contribution is -2.25. The van der Waals surface area contributed by atoms with Crippen molar-refractivity contribution in [3.8, 4) is 0 Å². The van der Waals surface area contributed by atoms with Gasteiger partial charge in [-0.05, 0) is 37.0 Å². The zero-order chi connectivity index (χ0) is 12.3. The Labute approximate surface area is 113 Å². The average Bonchev–Trinajstić information content (AvgIpc) is 2.80. The van der Waals surface area contributed by atoms with Gasteiger partial charge in [-0.3, -0.25) is 0 Å². The predicted octanol–water partition coefficient (Wildman–Crippen LogP) is 4.31. The number of ether oxygens (including phenoxy) is 1. The van der Waals surface area contributed by atoms with Crippen molar-refractivity contribution in [3.05, 3.63) is 34.9 Å². The molecular formula is C14H18Cl2O. The van der Waals surface area contributed by atoms with Gasteiger partial charge >= 0.3 is 0 Å². The Kier molecular flexibility index (Phi) is 4.72. The van der Waals surface area contributed by atoms with Crippen LogP contribution in [0.25, 0.3) is 0 Å². The molecule has 3 heteroatoms. The topological polar surface area (TPSA) is 9.23 Å². The van der Waals surface area contributed by atoms with Crippen LogP contribution in [0.5, 0.6) is 0 Å². The molecule has 3 atom stereocenters. The van der Waals surface area contributed by atoms with E-state index >= 15 is 0 Å². The van der Waals surface area contributed by atoms with Gasteiger partial charge in [0.15, 0.2) is 0 Å². The van der Waals surface area contributed by atoms with E-state index in [1.807, 2.05) is 12.1 Å². The Bertz CT molecular complexity index is 350. The Balaban J connectivity index is 1.96. The van der Waals surface area contributed by atoms with Gasteiger partial charge in [0.1, 0.15) is 0 Å². The summed E-state index contributed by atoms with van der Waals surface area (Å²) in [5.41, 5.74) is 1.25. The molecular weight excluding hydrogens is 255 g/mol. The highest BCUT2D eigenvalue weighted by molar-refractivity contribution is 6.30. The van der Waals surface area contributed by atoms with E-state index in [0.29, 0.717) is 12.0 Å². The normalized spacial score (nSPS) is 26.1. The fourth-order valence-corrected chi connectivity index (χ4v) is 3.09. The smallest absolute Gasteiger partial charge is 0.0615 e. The molecule has 0 radical (unpaired) electrons. The van der Waals surface area contributed by atoms with Gasteiger partial charge in [0.2, 0.25) is 0 Å². The minimum Gasteiger partial charge on any atom is -0.378 e. The SMILES string of the molecule is CCC1OCCC1C(Cl)Cc1ccc(Cl)cc1. The summed E-state index contributed by atoms with van der Waals surface area (Å²) in [5.74, 6) is 0.484. The van der Waals surface area contributed by atoms with Crippen molar-refractivity contribution in [3.63, 3.8) is 0 Å². The minimum atomic E-state index is 0.156. The first-order chi connectivity index (χ1) is 8.20. The molecule has 3 unspecified atom stereocenters. The number of rotatable bonds is 4. The summed E-state index contributed by atoms with van der Waals surface area (Å²) in [6, 6.07) is 7.94. The molecule has 0 aromatic heterocycles. The molecule has 94 valence electrons. The Morgan fingerprint density at radius 1 is 1.35 bits per heavy atom. The van der Waals surface area contributed by atoms with Gasteiger partial charge in [-0.1, -0.05) is 30.7 Å². The van der Waals surface area contributed by atoms with E-state index in [0.717, 1.165) is 30.9 Å². The molecule has 1 aliphatic heterocycles. The maximum absolute atomic E-state index is 6.52. The Morgan fingerprint density at radius 3 is 2.71 bits per heavy atom. The van der Waals surface area contributed by atoms with E-state index < -0.39 is 0 Å². The first kappa shape index (κ1) is 13.2. The molecule has 1 fully saturated rings. The lowest BCUT2D eigenvalue weighted by atomic mass is 9.92. The zero-order valence-electron chi connectivity index (χ0n) is 10.0. The molecule has 0 amide bonds. The van der Waals surface area contributed by atoms with Crippen LogP contribution in [0.4, 0.5) is 0 Å². The second-order valence-corrected chi connectivity index (χ2v) is 5.61. The van der Waals surface area contributed by atoms with Crippen LogP contribution in [0, 0.1) is 5.92 Å². The number of hydrogen-bond donors (Lipinski definition) is 0. The van der Waals surface area contributed by atoms with Crippen molar-refractivity contribution in [2.24, 2.45) is 5.92 Å². The zero-order valence-corrected chi connectivity index (χ0v) is 11.5. The van der Waals surface area contributed by atoms with Crippen molar-refractivity contribution in [2.75, 3.05) is 6.61 Å². The van der Waals surface area contributed by atoms with E-state index in [1.165, 1.54) is 5.56 Å². The standard InChI is InChI=1S/C14H18Cl2O/c1-2-14-12(7-8-17-14)13(16)9-10-3-5-11(15)6-4-10/h3-6,12-14H,2,7-9H2,1H3. The van der Waals surface area contributed by atoms with Gasteiger partial charge in [0, 0.05) is 22.9 Å². The van der Waals surface area contributed by atoms with E-state index in [9.17, 15) is 0 Å². The summed E-state index contributed by atoms with van der Waals surface area (Å²) in [5, 5.41) is 0.930. The van der Waals surface area contributed by atoms with Crippen LogP contribution < -0.4 is 0 Å². The molecule has 1 aromatic carbocycles. The molecule has 1 heterocycles. The third-order valence-electron chi connectivity index (χ3n) is 3.47. The minimum absolute atomic E-state index is 0.156. The predicted molar refractivity (Wildman–Crippen MR) is 72.9 cm³/mol. The molecule has 0 saturated carbocycles. The summed E-state index contributed by atoms with van der Waals surface area (Å²) >= 11 is 12.4. The fraction of sp³-hybridized carbons (Fsp3) is 0.571. The van der Waals surface area contributed by atoms with Crippen molar-refractivity contribution >= 4 is 23.2 Å². The largest absolute Gasteiger partial charge is 0.378 e. The highest BCUT2D eigenvalue weighted by atomic mass is 35.5. The quantitative estimate of drug-likeness (QED) is 0.743. The number of alkyl halides is 1. The second kappa shape index (κ2) is 6.08. The van der Waals surface area contributed by atoms with Gasteiger partial charge in [-0.2, -0.15) is 0 Å². The first-order valence-corrected chi connectivity index (χ1v) is 7.02. The van der Waals surface area contributed by atoms with Crippen LogP contribution in [-0.4, -0.2) is 18.1 Å². The molecule has 2 rings (SSSR count). The van der Waals surface area contributed by atoms with Crippen molar-refractivity contribution in [1.29, 1.82) is 0 Å². The van der Waals surface area contributed by atoms with Crippen LogP contribution in [0.2, 0.25) is 5.02 Å². The van der Waals surface area contributed by atoms with Gasteiger partial charge in [-0.25, -0.2) is 0 Å². The summed E-state index contributed by atoms with van der Waals surface area (Å²) in [6.07, 6.45) is 3.36. The molecule has 1 saturated heterocycles. The van der Waals surface area contributed by atoms with Crippen LogP contribution in [0.3, 0.4) is 0 Å². The lowest BCUT2D eigenvalue weighted by molar-refractivity contribution is 0.0865. The van der Waals surface area contributed by atoms with E-state index in [-0.39, 0.29) is 5.38 Å². The molecule has 0 spiro atoms. The van der Waals surface area contributed by atoms with Crippen LogP contribution in [0.15, 0.2) is 24.3 Å². The van der Waals surface area contributed by atoms with E-state index in [4.69, 9.17) is 27.9 Å². The van der Waals surface area contributed by atoms with Crippen LogP contribution in [0.1, 0.15) is 25.3 Å². The van der Waals surface area contributed by atoms with E-state index in [1.54, 1.807) is 0 Å². The third-order valence-corrected chi connectivity index (χ3v) is 4.20. The number of hydrogen-bond acceptors (Lipinski definition) is 1. The molecule has 1 nitrogen and oxygen atoms in total. The number of halogens is 2. The van der Waals surface area contributed by atoms with Crippen molar-refractivity contribution < 1.29 is 4.74 Å². The molecule has 0 aliphatic carbocycles. The monoisotopic (exact) mass is 272 g/mol. The maximum atomic E-state index is 6.52. The highest BCUT2D eigenvalue weighted by Gasteiger charge is 2.32. The van der Waals surface area contributed by atoms with Gasteiger partial charge in [-0.15, -0.1) is 11.6 Å². The summed E-state index contributed by atoms with van der Waals surface area (Å²) < 4.78 is 5.69. The molecule has 0 bridgehead atoms. The van der Waals surface area contributed by atoms with Gasteiger partial charge < -0.3 is 4.74 Å². The summed E-state index contributed by atoms with van der Waals surface area (Å²) in [7, 11) is 0. The van der Waals surface area contributed by atoms with E-state index in [2.05, 4.69) is 19.1 Å². The van der Waals surface area contributed by atoms with Gasteiger partial charge in [0.05, 0.1) is 6.10 Å². The first-order valence-electron chi connectivity index (χ1n) is 6.21. The average molecular weight is 273 g/mol.